The van der Waals surface area contributed by atoms with Crippen molar-refractivity contribution in [1.29, 1.82) is 0 Å². The van der Waals surface area contributed by atoms with Crippen molar-refractivity contribution in [1.82, 2.24) is 16.0 Å². The number of thioether (sulfide) groups is 1. The number of aromatic carboxylic acids is 1. The fraction of sp³-hybridized carbons (Fsp3) is 0.290. The van der Waals surface area contributed by atoms with E-state index in [0.29, 0.717) is 44.9 Å². The predicted molar refractivity (Wildman–Crippen MR) is 159 cm³/mol. The van der Waals surface area contributed by atoms with Crippen LogP contribution in [0.5, 0.6) is 5.75 Å². The zero-order valence-electron chi connectivity index (χ0n) is 22.5. The third-order valence-corrected chi connectivity index (χ3v) is 9.34. The van der Waals surface area contributed by atoms with Crippen molar-refractivity contribution >= 4 is 40.6 Å². The third-order valence-electron chi connectivity index (χ3n) is 7.83. The molecule has 0 bridgehead atoms. The van der Waals surface area contributed by atoms with Gasteiger partial charge in [0.05, 0.1) is 17.6 Å². The van der Waals surface area contributed by atoms with Gasteiger partial charge in [0.25, 0.3) is 0 Å². The van der Waals surface area contributed by atoms with Crippen molar-refractivity contribution < 1.29 is 29.0 Å². The van der Waals surface area contributed by atoms with Gasteiger partial charge in [0.2, 0.25) is 5.91 Å². The van der Waals surface area contributed by atoms with E-state index in [1.165, 1.54) is 24.3 Å². The number of urea groups is 1. The van der Waals surface area contributed by atoms with Crippen LogP contribution in [0.25, 0.3) is 33.4 Å². The van der Waals surface area contributed by atoms with Crippen molar-refractivity contribution in [2.24, 2.45) is 0 Å². The van der Waals surface area contributed by atoms with Crippen molar-refractivity contribution in [2.75, 3.05) is 5.75 Å². The monoisotopic (exact) mass is 587 g/mol. The summed E-state index contributed by atoms with van der Waals surface area (Å²) in [6.45, 7) is 0.179. The van der Waals surface area contributed by atoms with Gasteiger partial charge in [-0.15, -0.1) is 0 Å². The molecule has 1 aliphatic carbocycles. The second-order valence-corrected chi connectivity index (χ2v) is 11.9. The Kier molecular flexibility index (Phi) is 7.51. The minimum absolute atomic E-state index is 0.0231. The number of carbonyl (C=O) groups is 3. The number of rotatable bonds is 9. The molecule has 0 aromatic heterocycles. The number of benzene rings is 3. The molecular weight excluding hydrogens is 558 g/mol. The summed E-state index contributed by atoms with van der Waals surface area (Å²) in [6, 6.07) is 14.1. The maximum atomic E-state index is 12.5. The van der Waals surface area contributed by atoms with Crippen LogP contribution in [-0.4, -0.2) is 51.2 Å². The van der Waals surface area contributed by atoms with E-state index in [1.54, 1.807) is 30.3 Å². The first-order chi connectivity index (χ1) is 20.3. The lowest BCUT2D eigenvalue weighted by Gasteiger charge is -2.17. The first-order valence-electron chi connectivity index (χ1n) is 13.8. The molecule has 3 amide bonds. The molecular formula is C31H29N3O7S. The molecule has 2 aromatic rings. The average molecular weight is 588 g/mol. The largest absolute Gasteiger partial charge is 0.508 e. The first kappa shape index (κ1) is 27.6. The van der Waals surface area contributed by atoms with E-state index in [0.717, 1.165) is 25.0 Å². The number of hydrogen-bond donors (Lipinski definition) is 5. The maximum absolute atomic E-state index is 12.5. The van der Waals surface area contributed by atoms with Gasteiger partial charge in [-0.1, -0.05) is 18.6 Å². The van der Waals surface area contributed by atoms with Gasteiger partial charge in [0, 0.05) is 52.6 Å². The summed E-state index contributed by atoms with van der Waals surface area (Å²) in [7, 11) is 0. The Bertz CT molecular complexity index is 1740. The van der Waals surface area contributed by atoms with Gasteiger partial charge in [-0.05, 0) is 54.3 Å². The summed E-state index contributed by atoms with van der Waals surface area (Å²) < 4.78 is 5.88. The van der Waals surface area contributed by atoms with E-state index in [-0.39, 0.29) is 53.1 Å². The van der Waals surface area contributed by atoms with E-state index in [4.69, 9.17) is 4.42 Å². The Morgan fingerprint density at radius 1 is 1.00 bits per heavy atom. The Labute approximate surface area is 244 Å². The number of carboxylic acid groups (broad SMARTS) is 1. The van der Waals surface area contributed by atoms with Crippen LogP contribution in [0, 0.1) is 0 Å². The molecule has 3 aliphatic heterocycles. The van der Waals surface area contributed by atoms with Gasteiger partial charge in [0.1, 0.15) is 17.1 Å². The van der Waals surface area contributed by atoms with Crippen LogP contribution < -0.4 is 21.4 Å². The Balaban J connectivity index is 1.15. The van der Waals surface area contributed by atoms with Gasteiger partial charge in [0.15, 0.2) is 5.43 Å². The topological polar surface area (TPSA) is 158 Å². The van der Waals surface area contributed by atoms with E-state index >= 15 is 0 Å². The standard InChI is InChI=1S/C31H29N3O7S/c35-17-6-9-20-24(12-17)41-25-13-18(36)7-10-21(25)28(20)19-8-5-16(11-22(19)30(38)39)14-32-27(37)4-2-1-3-26-29-23(15-42-26)33-31(40)34-29/h5-13,23,26,29,35H,1-4,14-15H2,(H,32,37)(H,38,39)(H2,33,34,40)/t23-,26-,29-/m0/s1. The van der Waals surface area contributed by atoms with Gasteiger partial charge >= 0.3 is 12.0 Å². The van der Waals surface area contributed by atoms with Gasteiger partial charge in [-0.2, -0.15) is 11.8 Å². The number of carboxylic acids is 1. The number of amides is 3. The molecule has 2 fully saturated rings. The van der Waals surface area contributed by atoms with E-state index in [1.807, 2.05) is 11.8 Å². The van der Waals surface area contributed by atoms with Crippen LogP contribution in [0.4, 0.5) is 4.79 Å². The van der Waals surface area contributed by atoms with Crippen molar-refractivity contribution in [2.45, 2.75) is 49.6 Å². The summed E-state index contributed by atoms with van der Waals surface area (Å²) in [4.78, 5) is 48.5. The lowest BCUT2D eigenvalue weighted by Crippen LogP contribution is -2.36. The molecule has 0 unspecified atom stereocenters. The highest BCUT2D eigenvalue weighted by molar-refractivity contribution is 8.00. The minimum Gasteiger partial charge on any atom is -0.508 e. The van der Waals surface area contributed by atoms with Crippen LogP contribution >= 0.6 is 11.8 Å². The Morgan fingerprint density at radius 2 is 1.83 bits per heavy atom. The number of phenols is 1. The molecule has 0 spiro atoms. The highest BCUT2D eigenvalue weighted by atomic mass is 32.2. The molecule has 11 heteroatoms. The van der Waals surface area contributed by atoms with Crippen molar-refractivity contribution in [3.63, 3.8) is 0 Å². The SMILES string of the molecule is O=C(CCCC[C@@H]1SC[C@@H]2NC(=O)N[C@@H]21)NCc1ccc(-c2c3ccc(=O)cc-3oc3cc(O)ccc23)c(C(=O)O)c1. The molecule has 10 nitrogen and oxygen atoms in total. The molecule has 2 saturated heterocycles. The number of carbonyl (C=O) groups excluding carboxylic acids is 2. The van der Waals surface area contributed by atoms with E-state index < -0.39 is 5.97 Å². The molecule has 5 N–H and O–H groups in total. The van der Waals surface area contributed by atoms with Gasteiger partial charge in [-0.25, -0.2) is 9.59 Å². The number of nitrogens with one attached hydrogen (secondary N) is 3. The highest BCUT2D eigenvalue weighted by Gasteiger charge is 2.42. The van der Waals surface area contributed by atoms with Gasteiger partial charge in [-0.3, -0.25) is 9.59 Å². The maximum Gasteiger partial charge on any atom is 0.336 e. The molecule has 3 heterocycles. The second kappa shape index (κ2) is 11.4. The lowest BCUT2D eigenvalue weighted by atomic mass is 9.90. The Morgan fingerprint density at radius 3 is 2.67 bits per heavy atom. The van der Waals surface area contributed by atoms with Crippen LogP contribution in [0.15, 0.2) is 63.8 Å². The zero-order valence-corrected chi connectivity index (χ0v) is 23.3. The summed E-state index contributed by atoms with van der Waals surface area (Å²) in [5.74, 6) is -0.0920. The highest BCUT2D eigenvalue weighted by Crippen LogP contribution is 2.42. The number of unbranched alkanes of at least 4 members (excludes halogenated alkanes) is 1. The van der Waals surface area contributed by atoms with Crippen molar-refractivity contribution in [3.05, 3.63) is 75.9 Å². The molecule has 42 heavy (non-hydrogen) atoms. The number of phenolic OH excluding ortho intramolecular Hbond substituents is 1. The van der Waals surface area contributed by atoms with E-state index in [2.05, 4.69) is 16.0 Å². The summed E-state index contributed by atoms with van der Waals surface area (Å²) in [5.41, 5.74) is 2.28. The van der Waals surface area contributed by atoms with Crippen LogP contribution in [0.3, 0.4) is 0 Å². The molecule has 4 aliphatic rings. The van der Waals surface area contributed by atoms with Crippen LogP contribution in [0.1, 0.15) is 41.6 Å². The summed E-state index contributed by atoms with van der Waals surface area (Å²) in [6.07, 6.45) is 2.89. The van der Waals surface area contributed by atoms with Crippen LogP contribution in [-0.2, 0) is 11.3 Å². The van der Waals surface area contributed by atoms with Gasteiger partial charge < -0.3 is 30.6 Å². The molecule has 3 atom stereocenters. The minimum atomic E-state index is -1.14. The normalized spacial score (nSPS) is 19.4. The first-order valence-corrected chi connectivity index (χ1v) is 14.8. The predicted octanol–water partition coefficient (Wildman–Crippen LogP) is 4.31. The number of aromatic hydroxyl groups is 1. The molecule has 6 rings (SSSR count). The summed E-state index contributed by atoms with van der Waals surface area (Å²) >= 11 is 1.85. The second-order valence-electron chi connectivity index (χ2n) is 10.6. The molecule has 0 saturated carbocycles. The number of fused-ring (bicyclic) bond motifs is 3. The fourth-order valence-electron chi connectivity index (χ4n) is 5.81. The van der Waals surface area contributed by atoms with Crippen molar-refractivity contribution in [3.8, 4) is 28.2 Å². The molecule has 216 valence electrons. The zero-order chi connectivity index (χ0) is 29.4. The third kappa shape index (κ3) is 5.52. The Hall–Kier alpha value is -4.51. The summed E-state index contributed by atoms with van der Waals surface area (Å²) in [5, 5.41) is 29.9. The van der Waals surface area contributed by atoms with E-state index in [9.17, 15) is 29.4 Å². The van der Waals surface area contributed by atoms with Crippen LogP contribution in [0.2, 0.25) is 0 Å². The fourth-order valence-corrected chi connectivity index (χ4v) is 7.35. The lowest BCUT2D eigenvalue weighted by molar-refractivity contribution is -0.121. The quantitative estimate of drug-likeness (QED) is 0.110. The number of hydrogen-bond acceptors (Lipinski definition) is 7. The average Bonchev–Trinajstić information content (AvgIpc) is 3.51. The molecule has 0 radical (unpaired) electrons. The smallest absolute Gasteiger partial charge is 0.336 e. The molecule has 2 aromatic carbocycles.